The molecular formula is C15H19N3OS. The van der Waals surface area contributed by atoms with E-state index in [2.05, 4.69) is 48.4 Å². The topological polar surface area (TPSA) is 54.9 Å². The Kier molecular flexibility index (Phi) is 4.18. The Morgan fingerprint density at radius 3 is 2.40 bits per heavy atom. The van der Waals surface area contributed by atoms with E-state index in [1.807, 2.05) is 19.1 Å². The lowest BCUT2D eigenvalue weighted by Crippen LogP contribution is -2.10. The molecule has 1 heterocycles. The maximum Gasteiger partial charge on any atom is 0.225 e. The van der Waals surface area contributed by atoms with Gasteiger partial charge in [-0.1, -0.05) is 63.3 Å². The Hall–Kier alpha value is -1.75. The minimum absolute atomic E-state index is 0.0456. The van der Waals surface area contributed by atoms with Gasteiger partial charge in [-0.15, -0.1) is 10.2 Å². The quantitative estimate of drug-likeness (QED) is 0.933. The Morgan fingerprint density at radius 2 is 1.85 bits per heavy atom. The first-order chi connectivity index (χ1) is 9.40. The molecular weight excluding hydrogens is 270 g/mol. The molecule has 0 fully saturated rings. The second-order valence-corrected chi connectivity index (χ2v) is 6.62. The largest absolute Gasteiger partial charge is 0.301 e. The van der Waals surface area contributed by atoms with Crippen molar-refractivity contribution in [1.82, 2.24) is 10.2 Å². The van der Waals surface area contributed by atoms with Crippen LogP contribution in [0.3, 0.4) is 0 Å². The first kappa shape index (κ1) is 14.7. The van der Waals surface area contributed by atoms with Crippen LogP contribution in [0, 0.1) is 0 Å². The fourth-order valence-corrected chi connectivity index (χ4v) is 2.48. The molecule has 0 radical (unpaired) electrons. The van der Waals surface area contributed by atoms with Crippen LogP contribution in [-0.2, 0) is 10.2 Å². The van der Waals surface area contributed by atoms with Crippen molar-refractivity contribution in [3.63, 3.8) is 0 Å². The molecule has 0 aliphatic heterocycles. The molecule has 0 aliphatic rings. The van der Waals surface area contributed by atoms with E-state index in [9.17, 15) is 4.79 Å². The molecule has 106 valence electrons. The highest BCUT2D eigenvalue weighted by Crippen LogP contribution is 2.29. The van der Waals surface area contributed by atoms with E-state index in [0.717, 1.165) is 10.6 Å². The summed E-state index contributed by atoms with van der Waals surface area (Å²) in [5.41, 5.74) is 2.44. The molecule has 2 aromatic rings. The number of carbonyl (C=O) groups is 1. The lowest BCUT2D eigenvalue weighted by atomic mass is 9.87. The van der Waals surface area contributed by atoms with Crippen molar-refractivity contribution in [2.45, 2.75) is 39.5 Å². The number of anilines is 1. The average Bonchev–Trinajstić information content (AvgIpc) is 2.86. The predicted octanol–water partition coefficient (Wildman–Crippen LogP) is 3.85. The van der Waals surface area contributed by atoms with Crippen molar-refractivity contribution in [3.05, 3.63) is 29.8 Å². The summed E-state index contributed by atoms with van der Waals surface area (Å²) in [6, 6.07) is 8.32. The molecule has 5 heteroatoms. The summed E-state index contributed by atoms with van der Waals surface area (Å²) in [6.07, 6.45) is 0.440. The number of benzene rings is 1. The Morgan fingerprint density at radius 1 is 1.20 bits per heavy atom. The molecule has 1 amide bonds. The highest BCUT2D eigenvalue weighted by molar-refractivity contribution is 7.18. The zero-order valence-corrected chi connectivity index (χ0v) is 13.0. The molecule has 2 rings (SSSR count). The summed E-state index contributed by atoms with van der Waals surface area (Å²) in [6.45, 7) is 8.37. The third-order valence-electron chi connectivity index (χ3n) is 2.99. The number of hydrogen-bond acceptors (Lipinski definition) is 4. The first-order valence-corrected chi connectivity index (χ1v) is 7.46. The van der Waals surface area contributed by atoms with Crippen molar-refractivity contribution in [1.29, 1.82) is 0 Å². The highest BCUT2D eigenvalue weighted by atomic mass is 32.1. The number of rotatable bonds is 3. The molecule has 1 aromatic heterocycles. The SMILES string of the molecule is CCC(=O)Nc1nnc(-c2ccc(C(C)(C)C)cc2)s1. The van der Waals surface area contributed by atoms with Crippen LogP contribution in [0.2, 0.25) is 0 Å². The number of carbonyl (C=O) groups excluding carboxylic acids is 1. The third kappa shape index (κ3) is 3.42. The van der Waals surface area contributed by atoms with Gasteiger partial charge in [0.15, 0.2) is 0 Å². The highest BCUT2D eigenvalue weighted by Gasteiger charge is 2.14. The Balaban J connectivity index is 2.18. The molecule has 0 saturated carbocycles. The number of nitrogens with one attached hydrogen (secondary N) is 1. The van der Waals surface area contributed by atoms with Gasteiger partial charge in [0.2, 0.25) is 11.0 Å². The fourth-order valence-electron chi connectivity index (χ4n) is 1.71. The van der Waals surface area contributed by atoms with Gasteiger partial charge in [0.25, 0.3) is 0 Å². The first-order valence-electron chi connectivity index (χ1n) is 6.64. The van der Waals surface area contributed by atoms with Crippen LogP contribution >= 0.6 is 11.3 Å². The maximum atomic E-state index is 11.3. The van der Waals surface area contributed by atoms with Crippen LogP contribution in [0.15, 0.2) is 24.3 Å². The van der Waals surface area contributed by atoms with Crippen LogP contribution in [0.1, 0.15) is 39.7 Å². The van der Waals surface area contributed by atoms with E-state index in [-0.39, 0.29) is 11.3 Å². The van der Waals surface area contributed by atoms with Gasteiger partial charge in [0.1, 0.15) is 5.01 Å². The minimum Gasteiger partial charge on any atom is -0.301 e. The van der Waals surface area contributed by atoms with Crippen molar-refractivity contribution in [2.24, 2.45) is 0 Å². The van der Waals surface area contributed by atoms with Gasteiger partial charge in [0.05, 0.1) is 0 Å². The molecule has 20 heavy (non-hydrogen) atoms. The number of aromatic nitrogens is 2. The van der Waals surface area contributed by atoms with Crippen molar-refractivity contribution in [3.8, 4) is 10.6 Å². The summed E-state index contributed by atoms with van der Waals surface area (Å²) in [7, 11) is 0. The van der Waals surface area contributed by atoms with Crippen LogP contribution in [0.4, 0.5) is 5.13 Å². The monoisotopic (exact) mass is 289 g/mol. The van der Waals surface area contributed by atoms with Gasteiger partial charge in [-0.3, -0.25) is 4.79 Å². The second-order valence-electron chi connectivity index (χ2n) is 5.64. The summed E-state index contributed by atoms with van der Waals surface area (Å²) < 4.78 is 0. The Labute approximate surface area is 123 Å². The van der Waals surface area contributed by atoms with Gasteiger partial charge in [-0.05, 0) is 11.0 Å². The molecule has 1 N–H and O–H groups in total. The lowest BCUT2D eigenvalue weighted by Gasteiger charge is -2.18. The predicted molar refractivity (Wildman–Crippen MR) is 83.0 cm³/mol. The Bertz CT molecular complexity index is 596. The fraction of sp³-hybridized carbons (Fsp3) is 0.400. The van der Waals surface area contributed by atoms with Crippen molar-refractivity contribution < 1.29 is 4.79 Å². The number of hydrogen-bond donors (Lipinski definition) is 1. The van der Waals surface area contributed by atoms with Gasteiger partial charge < -0.3 is 5.32 Å². The van der Waals surface area contributed by atoms with Gasteiger partial charge in [-0.25, -0.2) is 0 Å². The maximum absolute atomic E-state index is 11.3. The summed E-state index contributed by atoms with van der Waals surface area (Å²) in [5, 5.41) is 12.2. The third-order valence-corrected chi connectivity index (χ3v) is 3.88. The molecule has 0 saturated heterocycles. The van der Waals surface area contributed by atoms with Crippen LogP contribution in [0.25, 0.3) is 10.6 Å². The smallest absolute Gasteiger partial charge is 0.225 e. The van der Waals surface area contributed by atoms with E-state index < -0.39 is 0 Å². The van der Waals surface area contributed by atoms with E-state index in [1.165, 1.54) is 16.9 Å². The molecule has 0 atom stereocenters. The number of nitrogens with zero attached hydrogens (tertiary/aromatic N) is 2. The van der Waals surface area contributed by atoms with Crippen LogP contribution < -0.4 is 5.32 Å². The minimum atomic E-state index is -0.0456. The molecule has 0 bridgehead atoms. The van der Waals surface area contributed by atoms with E-state index >= 15 is 0 Å². The van der Waals surface area contributed by atoms with Gasteiger partial charge in [-0.2, -0.15) is 0 Å². The van der Waals surface area contributed by atoms with Crippen molar-refractivity contribution in [2.75, 3.05) is 5.32 Å². The summed E-state index contributed by atoms with van der Waals surface area (Å²) in [4.78, 5) is 11.3. The van der Waals surface area contributed by atoms with E-state index in [0.29, 0.717) is 11.6 Å². The van der Waals surface area contributed by atoms with Crippen molar-refractivity contribution >= 4 is 22.4 Å². The molecule has 4 nitrogen and oxygen atoms in total. The zero-order valence-electron chi connectivity index (χ0n) is 12.2. The standard InChI is InChI=1S/C15H19N3OS/c1-5-12(19)16-14-18-17-13(20-14)10-6-8-11(9-7-10)15(2,3)4/h6-9H,5H2,1-4H3,(H,16,18,19). The van der Waals surface area contributed by atoms with E-state index in [1.54, 1.807) is 0 Å². The average molecular weight is 289 g/mol. The summed E-state index contributed by atoms with van der Waals surface area (Å²) >= 11 is 1.39. The molecule has 0 unspecified atom stereocenters. The van der Waals surface area contributed by atoms with Crippen LogP contribution in [-0.4, -0.2) is 16.1 Å². The summed E-state index contributed by atoms with van der Waals surface area (Å²) in [5.74, 6) is -0.0456. The van der Waals surface area contributed by atoms with Gasteiger partial charge in [0, 0.05) is 12.0 Å². The second kappa shape index (κ2) is 5.71. The molecule has 1 aromatic carbocycles. The zero-order chi connectivity index (χ0) is 14.8. The van der Waals surface area contributed by atoms with Gasteiger partial charge >= 0.3 is 0 Å². The number of amides is 1. The molecule has 0 aliphatic carbocycles. The molecule has 0 spiro atoms. The lowest BCUT2D eigenvalue weighted by molar-refractivity contribution is -0.115. The normalized spacial score (nSPS) is 11.4. The van der Waals surface area contributed by atoms with E-state index in [4.69, 9.17) is 0 Å². The van der Waals surface area contributed by atoms with Crippen LogP contribution in [0.5, 0.6) is 0 Å².